The molecule has 1 aliphatic carbocycles. The lowest BCUT2D eigenvalue weighted by Gasteiger charge is -2.23. The van der Waals surface area contributed by atoms with Crippen LogP contribution in [-0.4, -0.2) is 39.9 Å². The number of aryl methyl sites for hydroxylation is 2. The van der Waals surface area contributed by atoms with Crippen LogP contribution in [0.5, 0.6) is 0 Å². The van der Waals surface area contributed by atoms with Gasteiger partial charge in [-0.1, -0.05) is 0 Å². The molecule has 0 amide bonds. The molecule has 0 unspecified atom stereocenters. The fourth-order valence-electron chi connectivity index (χ4n) is 4.22. The van der Waals surface area contributed by atoms with Gasteiger partial charge in [-0.05, 0) is 50.8 Å². The van der Waals surface area contributed by atoms with Gasteiger partial charge in [-0.2, -0.15) is 9.78 Å². The summed E-state index contributed by atoms with van der Waals surface area (Å²) >= 11 is 4.52. The molecular formula is C23H21N3O7S. The van der Waals surface area contributed by atoms with Crippen LogP contribution in [0, 0.1) is 10.1 Å². The van der Waals surface area contributed by atoms with E-state index in [2.05, 4.69) is 17.7 Å². The summed E-state index contributed by atoms with van der Waals surface area (Å²) in [4.78, 5) is 49.9. The van der Waals surface area contributed by atoms with Gasteiger partial charge in [0.15, 0.2) is 0 Å². The fraction of sp³-hybridized carbons (Fsp3) is 0.304. The summed E-state index contributed by atoms with van der Waals surface area (Å²) in [5.74, 6) is -1.47. The Kier molecular flexibility index (Phi) is 6.38. The number of nitro benzene ring substituents is 1. The smallest absolute Gasteiger partial charge is 0.340 e. The molecule has 2 aromatic carbocycles. The van der Waals surface area contributed by atoms with E-state index in [0.29, 0.717) is 41.6 Å². The van der Waals surface area contributed by atoms with Crippen LogP contribution < -0.4 is 5.56 Å². The molecule has 34 heavy (non-hydrogen) atoms. The van der Waals surface area contributed by atoms with Gasteiger partial charge in [0.1, 0.15) is 0 Å². The van der Waals surface area contributed by atoms with Crippen molar-refractivity contribution in [3.05, 3.63) is 67.1 Å². The molecule has 0 bridgehead atoms. The Bertz CT molecular complexity index is 1400. The molecule has 0 N–H and O–H groups in total. The molecule has 0 fully saturated rings. The third-order valence-electron chi connectivity index (χ3n) is 5.60. The van der Waals surface area contributed by atoms with Gasteiger partial charge >= 0.3 is 11.9 Å². The monoisotopic (exact) mass is 483 g/mol. The van der Waals surface area contributed by atoms with Gasteiger partial charge in [0.2, 0.25) is 0 Å². The maximum atomic E-state index is 13.6. The second kappa shape index (κ2) is 9.26. The van der Waals surface area contributed by atoms with Gasteiger partial charge in [-0.15, -0.1) is 12.6 Å². The molecule has 3 aromatic rings. The lowest BCUT2D eigenvalue weighted by molar-refractivity contribution is -0.384. The highest BCUT2D eigenvalue weighted by molar-refractivity contribution is 7.80. The average Bonchev–Trinajstić information content (AvgIpc) is 2.81. The summed E-state index contributed by atoms with van der Waals surface area (Å²) in [5.41, 5.74) is 0.634. The minimum absolute atomic E-state index is 0.00599. The van der Waals surface area contributed by atoms with E-state index in [1.54, 1.807) is 13.8 Å². The number of carbonyl (C=O) groups is 2. The number of nitrogens with zero attached hydrogens (tertiary/aromatic N) is 3. The predicted molar refractivity (Wildman–Crippen MR) is 125 cm³/mol. The standard InChI is InChI=1S/C23H21N3O7S/c1-3-32-22(28)17-14-6-5-7-15-16(14)18(20(34)19(17)23(29)33-4-2)21(27)25(24-15)12-8-10-13(11-9-12)26(30)31/h8-11,34H,3-7H2,1-2H3. The van der Waals surface area contributed by atoms with E-state index >= 15 is 0 Å². The normalized spacial score (nSPS) is 12.4. The van der Waals surface area contributed by atoms with Crippen molar-refractivity contribution < 1.29 is 24.0 Å². The van der Waals surface area contributed by atoms with Crippen LogP contribution in [-0.2, 0) is 22.3 Å². The molecule has 0 radical (unpaired) electrons. The Morgan fingerprint density at radius 2 is 1.68 bits per heavy atom. The largest absolute Gasteiger partial charge is 0.462 e. The van der Waals surface area contributed by atoms with Crippen molar-refractivity contribution in [2.45, 2.75) is 38.0 Å². The summed E-state index contributed by atoms with van der Waals surface area (Å²) in [6.45, 7) is 3.46. The van der Waals surface area contributed by atoms with Gasteiger partial charge in [-0.3, -0.25) is 14.9 Å². The number of hydrogen-bond donors (Lipinski definition) is 1. The number of rotatable bonds is 6. The number of esters is 2. The second-order valence-electron chi connectivity index (χ2n) is 7.56. The number of aromatic nitrogens is 2. The van der Waals surface area contributed by atoms with E-state index in [0.717, 1.165) is 4.68 Å². The SMILES string of the molecule is CCOC(=O)c1c(C(=O)OCC)c(S)c2c(=O)n(-c3ccc([N+](=O)[O-])cc3)nc3c2c1CCC3. The first kappa shape index (κ1) is 23.4. The molecule has 0 atom stereocenters. The summed E-state index contributed by atoms with van der Waals surface area (Å²) in [5, 5.41) is 16.1. The van der Waals surface area contributed by atoms with E-state index in [1.165, 1.54) is 24.3 Å². The lowest BCUT2D eigenvalue weighted by atomic mass is 9.86. The molecule has 1 heterocycles. The van der Waals surface area contributed by atoms with Crippen LogP contribution in [0.25, 0.3) is 16.5 Å². The van der Waals surface area contributed by atoms with Crippen molar-refractivity contribution in [3.63, 3.8) is 0 Å². The van der Waals surface area contributed by atoms with Crippen molar-refractivity contribution in [2.24, 2.45) is 0 Å². The Hall–Kier alpha value is -3.73. The van der Waals surface area contributed by atoms with Gasteiger partial charge in [0.25, 0.3) is 11.2 Å². The number of ether oxygens (including phenoxy) is 2. The first-order valence-electron chi connectivity index (χ1n) is 10.7. The van der Waals surface area contributed by atoms with Crippen molar-refractivity contribution in [1.29, 1.82) is 0 Å². The summed E-state index contributed by atoms with van der Waals surface area (Å²) in [6.07, 6.45) is 1.61. The van der Waals surface area contributed by atoms with E-state index in [1.807, 2.05) is 0 Å². The highest BCUT2D eigenvalue weighted by atomic mass is 32.1. The quantitative estimate of drug-likeness (QED) is 0.244. The number of carbonyl (C=O) groups excluding carboxylic acids is 2. The molecular weight excluding hydrogens is 462 g/mol. The van der Waals surface area contributed by atoms with E-state index < -0.39 is 22.4 Å². The molecule has 4 rings (SSSR count). The van der Waals surface area contributed by atoms with E-state index in [4.69, 9.17) is 9.47 Å². The van der Waals surface area contributed by atoms with Crippen LogP contribution in [0.1, 0.15) is 52.2 Å². The molecule has 0 saturated heterocycles. The number of hydrogen-bond acceptors (Lipinski definition) is 9. The van der Waals surface area contributed by atoms with Crippen molar-refractivity contribution in [3.8, 4) is 5.69 Å². The first-order chi connectivity index (χ1) is 16.3. The summed E-state index contributed by atoms with van der Waals surface area (Å²) < 4.78 is 11.5. The van der Waals surface area contributed by atoms with Crippen LogP contribution in [0.15, 0.2) is 34.0 Å². The van der Waals surface area contributed by atoms with Crippen LogP contribution in [0.2, 0.25) is 0 Å². The zero-order valence-electron chi connectivity index (χ0n) is 18.5. The Balaban J connectivity index is 2.09. The predicted octanol–water partition coefficient (Wildman–Crippen LogP) is 3.42. The molecule has 11 heteroatoms. The number of non-ortho nitro benzene ring substituents is 1. The summed E-state index contributed by atoms with van der Waals surface area (Å²) in [6, 6.07) is 5.40. The van der Waals surface area contributed by atoms with E-state index in [9.17, 15) is 24.5 Å². The minimum Gasteiger partial charge on any atom is -0.462 e. The van der Waals surface area contributed by atoms with Crippen molar-refractivity contribution in [1.82, 2.24) is 9.78 Å². The Morgan fingerprint density at radius 1 is 1.06 bits per heavy atom. The van der Waals surface area contributed by atoms with Crippen molar-refractivity contribution in [2.75, 3.05) is 13.2 Å². The van der Waals surface area contributed by atoms with Gasteiger partial charge in [0, 0.05) is 22.4 Å². The molecule has 0 saturated carbocycles. The Morgan fingerprint density at radius 3 is 2.26 bits per heavy atom. The van der Waals surface area contributed by atoms with Crippen molar-refractivity contribution >= 4 is 41.0 Å². The summed E-state index contributed by atoms with van der Waals surface area (Å²) in [7, 11) is 0. The molecule has 10 nitrogen and oxygen atoms in total. The number of thiol groups is 1. The second-order valence-corrected chi connectivity index (χ2v) is 8.01. The van der Waals surface area contributed by atoms with Gasteiger partial charge in [0.05, 0.1) is 46.0 Å². The highest BCUT2D eigenvalue weighted by Crippen LogP contribution is 2.37. The third-order valence-corrected chi connectivity index (χ3v) is 6.04. The molecule has 1 aromatic heterocycles. The molecule has 0 aliphatic heterocycles. The Labute approximate surface area is 199 Å². The average molecular weight is 484 g/mol. The maximum absolute atomic E-state index is 13.6. The molecule has 176 valence electrons. The minimum atomic E-state index is -0.779. The third kappa shape index (κ3) is 3.81. The highest BCUT2D eigenvalue weighted by Gasteiger charge is 2.33. The fourth-order valence-corrected chi connectivity index (χ4v) is 4.63. The lowest BCUT2D eigenvalue weighted by Crippen LogP contribution is -2.28. The van der Waals surface area contributed by atoms with Gasteiger partial charge < -0.3 is 9.47 Å². The van der Waals surface area contributed by atoms with E-state index in [-0.39, 0.29) is 40.3 Å². The van der Waals surface area contributed by atoms with Crippen LogP contribution in [0.4, 0.5) is 5.69 Å². The zero-order valence-corrected chi connectivity index (χ0v) is 19.4. The number of nitro groups is 1. The number of benzene rings is 2. The molecule has 1 aliphatic rings. The van der Waals surface area contributed by atoms with Crippen LogP contribution in [0.3, 0.4) is 0 Å². The molecule has 0 spiro atoms. The topological polar surface area (TPSA) is 131 Å². The van der Waals surface area contributed by atoms with Gasteiger partial charge in [-0.25, -0.2) is 9.59 Å². The van der Waals surface area contributed by atoms with Crippen LogP contribution >= 0.6 is 12.6 Å². The maximum Gasteiger partial charge on any atom is 0.340 e. The zero-order chi connectivity index (χ0) is 24.6. The first-order valence-corrected chi connectivity index (χ1v) is 11.2.